The molecule has 0 saturated heterocycles. The third-order valence-electron chi connectivity index (χ3n) is 5.75. The molecule has 2 amide bonds. The van der Waals surface area contributed by atoms with Crippen molar-refractivity contribution in [2.45, 2.75) is 54.4 Å². The molecule has 202 valence electrons. The van der Waals surface area contributed by atoms with Crippen LogP contribution in [0.4, 0.5) is 10.0 Å². The van der Waals surface area contributed by atoms with Crippen molar-refractivity contribution in [3.63, 3.8) is 0 Å². The van der Waals surface area contributed by atoms with Crippen LogP contribution in [0.2, 0.25) is 0 Å². The second kappa shape index (κ2) is 12.8. The number of esters is 2. The van der Waals surface area contributed by atoms with Crippen LogP contribution in [0.5, 0.6) is 0 Å². The van der Waals surface area contributed by atoms with Gasteiger partial charge in [-0.2, -0.15) is 0 Å². The Kier molecular flexibility index (Phi) is 9.76. The molecule has 3 rings (SSSR count). The van der Waals surface area contributed by atoms with E-state index in [0.29, 0.717) is 34.0 Å². The molecule has 0 aromatic carbocycles. The number of carbonyl (C=O) groups excluding carboxylic acids is 4. The molecule has 0 fully saturated rings. The molecule has 0 bridgehead atoms. The number of anilines is 2. The van der Waals surface area contributed by atoms with Crippen molar-refractivity contribution in [1.29, 1.82) is 0 Å². The quantitative estimate of drug-likeness (QED) is 0.302. The zero-order chi connectivity index (χ0) is 28.0. The number of pyridine rings is 1. The maximum atomic E-state index is 13.1. The molecule has 0 radical (unpaired) electrons. The first-order chi connectivity index (χ1) is 18.2. The number of aromatic nitrogens is 1. The zero-order valence-electron chi connectivity index (χ0n) is 22.3. The van der Waals surface area contributed by atoms with Gasteiger partial charge in [-0.1, -0.05) is 19.9 Å². The number of nitrogens with zero attached hydrogens (tertiary/aromatic N) is 1. The van der Waals surface area contributed by atoms with Gasteiger partial charge < -0.3 is 20.1 Å². The van der Waals surface area contributed by atoms with Gasteiger partial charge in [0.2, 0.25) is 0 Å². The smallest absolute Gasteiger partial charge is 0.341 e. The summed E-state index contributed by atoms with van der Waals surface area (Å²) in [5.41, 5.74) is 2.31. The largest absolute Gasteiger partial charge is 0.462 e. The maximum Gasteiger partial charge on any atom is 0.341 e. The number of hydrogen-bond acceptors (Lipinski definition) is 9. The van der Waals surface area contributed by atoms with Crippen LogP contribution in [0.1, 0.15) is 90.3 Å². The highest BCUT2D eigenvalue weighted by atomic mass is 32.1. The van der Waals surface area contributed by atoms with Gasteiger partial charge in [0.25, 0.3) is 11.8 Å². The molecule has 0 aliphatic heterocycles. The van der Waals surface area contributed by atoms with E-state index in [2.05, 4.69) is 15.6 Å². The minimum atomic E-state index is -0.568. The lowest BCUT2D eigenvalue weighted by molar-refractivity contribution is 0.0517. The first-order valence-electron chi connectivity index (χ1n) is 12.3. The molecule has 0 saturated carbocycles. The summed E-state index contributed by atoms with van der Waals surface area (Å²) in [7, 11) is 0. The molecule has 0 aliphatic carbocycles. The van der Waals surface area contributed by atoms with Crippen LogP contribution in [0.15, 0.2) is 18.2 Å². The van der Waals surface area contributed by atoms with Crippen LogP contribution in [-0.2, 0) is 22.3 Å². The molecule has 0 aliphatic rings. The van der Waals surface area contributed by atoms with Crippen LogP contribution < -0.4 is 10.6 Å². The Balaban J connectivity index is 1.87. The summed E-state index contributed by atoms with van der Waals surface area (Å²) < 4.78 is 10.4. The Bertz CT molecular complexity index is 1280. The summed E-state index contributed by atoms with van der Waals surface area (Å²) in [6.45, 7) is 11.5. The van der Waals surface area contributed by atoms with E-state index in [1.807, 2.05) is 27.7 Å². The highest BCUT2D eigenvalue weighted by Gasteiger charge is 2.26. The van der Waals surface area contributed by atoms with Crippen LogP contribution >= 0.6 is 22.7 Å². The Labute approximate surface area is 229 Å². The van der Waals surface area contributed by atoms with Gasteiger partial charge in [-0.3, -0.25) is 9.59 Å². The normalized spacial score (nSPS) is 10.7. The van der Waals surface area contributed by atoms with Gasteiger partial charge in [-0.05, 0) is 63.8 Å². The van der Waals surface area contributed by atoms with Crippen LogP contribution in [0.3, 0.4) is 0 Å². The highest BCUT2D eigenvalue weighted by molar-refractivity contribution is 7.17. The Morgan fingerprint density at radius 3 is 1.47 bits per heavy atom. The molecule has 3 heterocycles. The summed E-state index contributed by atoms with van der Waals surface area (Å²) in [5, 5.41) is 6.27. The van der Waals surface area contributed by atoms with Crippen molar-refractivity contribution in [2.75, 3.05) is 23.8 Å². The number of hydrogen-bond donors (Lipinski definition) is 2. The molecule has 3 aromatic rings. The van der Waals surface area contributed by atoms with Crippen molar-refractivity contribution < 1.29 is 28.7 Å². The molecule has 2 N–H and O–H groups in total. The SMILES string of the molecule is CCOC(=O)c1c(NC(=O)c2cccc(C(=O)Nc3sc(C)c(CC)c3C(=O)OCC)n2)sc(C)c1CC. The number of amides is 2. The van der Waals surface area contributed by atoms with E-state index in [4.69, 9.17) is 9.47 Å². The summed E-state index contributed by atoms with van der Waals surface area (Å²) in [6, 6.07) is 4.50. The lowest BCUT2D eigenvalue weighted by atomic mass is 10.1. The molecule has 0 atom stereocenters. The standard InChI is InChI=1S/C27H31N3O6S2/c1-7-16-14(5)37-24(20(16)26(33)35-9-3)29-22(31)18-12-11-13-19(28-18)23(32)30-25-21(27(34)36-10-4)17(8-2)15(6)38-25/h11-13H,7-10H2,1-6H3,(H,29,31)(H,30,32). The fourth-order valence-electron chi connectivity index (χ4n) is 4.05. The summed E-state index contributed by atoms with van der Waals surface area (Å²) >= 11 is 2.57. The second-order valence-corrected chi connectivity index (χ2v) is 10.6. The minimum Gasteiger partial charge on any atom is -0.462 e. The van der Waals surface area contributed by atoms with Crippen molar-refractivity contribution in [1.82, 2.24) is 4.98 Å². The number of carbonyl (C=O) groups is 4. The van der Waals surface area contributed by atoms with Crippen LogP contribution in [0, 0.1) is 13.8 Å². The van der Waals surface area contributed by atoms with Crippen molar-refractivity contribution >= 4 is 56.4 Å². The summed E-state index contributed by atoms with van der Waals surface area (Å²) in [4.78, 5) is 57.4. The Morgan fingerprint density at radius 2 is 1.13 bits per heavy atom. The first kappa shape index (κ1) is 29.0. The number of nitrogens with one attached hydrogen (secondary N) is 2. The van der Waals surface area contributed by atoms with E-state index in [-0.39, 0.29) is 24.6 Å². The molecule has 0 unspecified atom stereocenters. The molecular weight excluding hydrogens is 526 g/mol. The van der Waals surface area contributed by atoms with Gasteiger partial charge in [0.15, 0.2) is 0 Å². The lowest BCUT2D eigenvalue weighted by Crippen LogP contribution is -2.20. The third kappa shape index (κ3) is 6.11. The van der Waals surface area contributed by atoms with Crippen LogP contribution in [0.25, 0.3) is 0 Å². The predicted molar refractivity (Wildman–Crippen MR) is 149 cm³/mol. The van der Waals surface area contributed by atoms with E-state index in [1.165, 1.54) is 34.8 Å². The molecule has 9 nitrogen and oxygen atoms in total. The predicted octanol–water partition coefficient (Wildman–Crippen LogP) is 5.80. The lowest BCUT2D eigenvalue weighted by Gasteiger charge is -2.09. The van der Waals surface area contributed by atoms with Crippen molar-refractivity contribution in [2.24, 2.45) is 0 Å². The number of rotatable bonds is 10. The third-order valence-corrected chi connectivity index (χ3v) is 7.88. The Hall–Kier alpha value is -3.57. The van der Waals surface area contributed by atoms with E-state index in [0.717, 1.165) is 20.9 Å². The van der Waals surface area contributed by atoms with Crippen LogP contribution in [-0.4, -0.2) is 42.0 Å². The topological polar surface area (TPSA) is 124 Å². The van der Waals surface area contributed by atoms with E-state index in [9.17, 15) is 19.2 Å². The highest BCUT2D eigenvalue weighted by Crippen LogP contribution is 2.35. The fourth-order valence-corrected chi connectivity index (χ4v) is 6.30. The number of aryl methyl sites for hydroxylation is 2. The average molecular weight is 558 g/mol. The molecule has 3 aromatic heterocycles. The molecular formula is C27H31N3O6S2. The zero-order valence-corrected chi connectivity index (χ0v) is 23.9. The minimum absolute atomic E-state index is 0.00113. The van der Waals surface area contributed by atoms with E-state index < -0.39 is 23.8 Å². The Morgan fingerprint density at radius 1 is 0.737 bits per heavy atom. The number of ether oxygens (including phenoxy) is 2. The summed E-state index contributed by atoms with van der Waals surface area (Å²) in [6.07, 6.45) is 1.21. The second-order valence-electron chi connectivity index (χ2n) is 8.15. The number of thiophene rings is 2. The van der Waals surface area contributed by atoms with E-state index in [1.54, 1.807) is 19.9 Å². The van der Waals surface area contributed by atoms with Gasteiger partial charge in [-0.15, -0.1) is 22.7 Å². The average Bonchev–Trinajstić information content (AvgIpc) is 3.38. The van der Waals surface area contributed by atoms with E-state index >= 15 is 0 Å². The first-order valence-corrected chi connectivity index (χ1v) is 14.0. The van der Waals surface area contributed by atoms with Gasteiger partial charge >= 0.3 is 11.9 Å². The molecule has 0 spiro atoms. The van der Waals surface area contributed by atoms with Crippen molar-refractivity contribution in [3.05, 3.63) is 61.6 Å². The van der Waals surface area contributed by atoms with Crippen molar-refractivity contribution in [3.8, 4) is 0 Å². The van der Waals surface area contributed by atoms with Gasteiger partial charge in [0, 0.05) is 9.75 Å². The summed E-state index contributed by atoms with van der Waals surface area (Å²) in [5.74, 6) is -2.14. The maximum absolute atomic E-state index is 13.1. The monoisotopic (exact) mass is 557 g/mol. The molecule has 11 heteroatoms. The fraction of sp³-hybridized carbons (Fsp3) is 0.370. The van der Waals surface area contributed by atoms with Gasteiger partial charge in [0.1, 0.15) is 21.4 Å². The van der Waals surface area contributed by atoms with Gasteiger partial charge in [0.05, 0.1) is 24.3 Å². The van der Waals surface area contributed by atoms with Gasteiger partial charge in [-0.25, -0.2) is 14.6 Å². The molecule has 38 heavy (non-hydrogen) atoms.